The van der Waals surface area contributed by atoms with Gasteiger partial charge in [-0.3, -0.25) is 9.59 Å². The second-order valence-electron chi connectivity index (χ2n) is 6.83. The Morgan fingerprint density at radius 1 is 0.815 bits per heavy atom. The molecule has 0 radical (unpaired) electrons. The third-order valence-electron chi connectivity index (χ3n) is 4.69. The fourth-order valence-electron chi connectivity index (χ4n) is 3.17. The van der Waals surface area contributed by atoms with E-state index in [9.17, 15) is 9.59 Å². The summed E-state index contributed by atoms with van der Waals surface area (Å²) >= 11 is 0. The third-order valence-corrected chi connectivity index (χ3v) is 4.69. The first-order chi connectivity index (χ1) is 13.0. The van der Waals surface area contributed by atoms with Crippen LogP contribution in [0.25, 0.3) is 0 Å². The van der Waals surface area contributed by atoms with Crippen LogP contribution >= 0.6 is 0 Å². The van der Waals surface area contributed by atoms with E-state index >= 15 is 0 Å². The van der Waals surface area contributed by atoms with E-state index in [0.29, 0.717) is 23.2 Å². The maximum Gasteiger partial charge on any atom is 0.254 e. The smallest absolute Gasteiger partial charge is 0.254 e. The van der Waals surface area contributed by atoms with Gasteiger partial charge in [-0.1, -0.05) is 72.3 Å². The van der Waals surface area contributed by atoms with Gasteiger partial charge in [-0.2, -0.15) is 0 Å². The summed E-state index contributed by atoms with van der Waals surface area (Å²) in [6.45, 7) is 4.60. The number of hydrogen-bond donors (Lipinski definition) is 0. The number of carbonyl (C=O) groups excluding carboxylic acids is 2. The Hall–Kier alpha value is -3.20. The van der Waals surface area contributed by atoms with E-state index in [4.69, 9.17) is 0 Å². The van der Waals surface area contributed by atoms with Gasteiger partial charge in [-0.25, -0.2) is 0 Å². The van der Waals surface area contributed by atoms with Gasteiger partial charge in [-0.05, 0) is 31.0 Å². The van der Waals surface area contributed by atoms with Crippen LogP contribution in [0, 0.1) is 13.8 Å². The van der Waals surface area contributed by atoms with Gasteiger partial charge in [-0.15, -0.1) is 0 Å². The molecule has 0 fully saturated rings. The molecule has 0 heterocycles. The standard InChI is InChI=1S/C24H23NO2/c1-17-13-14-20(18(2)15-17)16-25(3)24(27)22-12-8-7-11-21(22)23(26)19-9-5-4-6-10-19/h4-15H,16H2,1-3H3. The summed E-state index contributed by atoms with van der Waals surface area (Å²) in [6, 6.07) is 22.3. The van der Waals surface area contributed by atoms with Gasteiger partial charge in [0.2, 0.25) is 0 Å². The van der Waals surface area contributed by atoms with Crippen molar-refractivity contribution in [3.63, 3.8) is 0 Å². The lowest BCUT2D eigenvalue weighted by Gasteiger charge is -2.20. The molecule has 3 nitrogen and oxygen atoms in total. The first-order valence-electron chi connectivity index (χ1n) is 8.97. The van der Waals surface area contributed by atoms with Crippen LogP contribution < -0.4 is 0 Å². The van der Waals surface area contributed by atoms with E-state index in [1.807, 2.05) is 31.2 Å². The lowest BCUT2D eigenvalue weighted by molar-refractivity contribution is 0.0780. The van der Waals surface area contributed by atoms with Crippen LogP contribution in [0.15, 0.2) is 72.8 Å². The zero-order chi connectivity index (χ0) is 19.4. The molecule has 0 aromatic heterocycles. The van der Waals surface area contributed by atoms with Crippen LogP contribution in [-0.2, 0) is 6.54 Å². The fraction of sp³-hybridized carbons (Fsp3) is 0.167. The van der Waals surface area contributed by atoms with Crippen LogP contribution in [-0.4, -0.2) is 23.6 Å². The summed E-state index contributed by atoms with van der Waals surface area (Å²) in [6.07, 6.45) is 0. The molecule has 3 aromatic rings. The molecule has 0 N–H and O–H groups in total. The van der Waals surface area contributed by atoms with Crippen molar-refractivity contribution in [1.29, 1.82) is 0 Å². The van der Waals surface area contributed by atoms with Crippen molar-refractivity contribution in [2.24, 2.45) is 0 Å². The topological polar surface area (TPSA) is 37.4 Å². The lowest BCUT2D eigenvalue weighted by atomic mass is 9.97. The number of ketones is 1. The second kappa shape index (κ2) is 8.00. The van der Waals surface area contributed by atoms with E-state index in [-0.39, 0.29) is 11.7 Å². The van der Waals surface area contributed by atoms with Crippen molar-refractivity contribution >= 4 is 11.7 Å². The minimum atomic E-state index is -0.158. The van der Waals surface area contributed by atoms with Crippen molar-refractivity contribution in [1.82, 2.24) is 4.90 Å². The number of carbonyl (C=O) groups is 2. The molecule has 0 bridgehead atoms. The quantitative estimate of drug-likeness (QED) is 0.615. The van der Waals surface area contributed by atoms with E-state index in [0.717, 1.165) is 11.1 Å². The normalized spacial score (nSPS) is 10.5. The van der Waals surface area contributed by atoms with E-state index in [2.05, 4.69) is 19.1 Å². The maximum atomic E-state index is 13.1. The van der Waals surface area contributed by atoms with Gasteiger partial charge >= 0.3 is 0 Å². The number of aryl methyl sites for hydroxylation is 2. The number of rotatable bonds is 5. The molecule has 0 aliphatic heterocycles. The Balaban J connectivity index is 1.87. The highest BCUT2D eigenvalue weighted by atomic mass is 16.2. The minimum Gasteiger partial charge on any atom is -0.337 e. The minimum absolute atomic E-state index is 0.139. The third kappa shape index (κ3) is 4.14. The van der Waals surface area contributed by atoms with Crippen LogP contribution in [0.2, 0.25) is 0 Å². The summed E-state index contributed by atoms with van der Waals surface area (Å²) < 4.78 is 0. The molecule has 0 saturated carbocycles. The monoisotopic (exact) mass is 357 g/mol. The van der Waals surface area contributed by atoms with Crippen molar-refractivity contribution in [2.75, 3.05) is 7.05 Å². The Morgan fingerprint density at radius 3 is 2.11 bits per heavy atom. The molecule has 3 heteroatoms. The summed E-state index contributed by atoms with van der Waals surface area (Å²) in [4.78, 5) is 27.6. The second-order valence-corrected chi connectivity index (χ2v) is 6.83. The van der Waals surface area contributed by atoms with E-state index in [1.165, 1.54) is 5.56 Å². The number of nitrogens with zero attached hydrogens (tertiary/aromatic N) is 1. The highest BCUT2D eigenvalue weighted by Crippen LogP contribution is 2.18. The van der Waals surface area contributed by atoms with Gasteiger partial charge in [0.25, 0.3) is 5.91 Å². The lowest BCUT2D eigenvalue weighted by Crippen LogP contribution is -2.28. The van der Waals surface area contributed by atoms with Crippen LogP contribution in [0.1, 0.15) is 43.0 Å². The number of amides is 1. The summed E-state index contributed by atoms with van der Waals surface area (Å²) in [5, 5.41) is 0. The van der Waals surface area contributed by atoms with E-state index < -0.39 is 0 Å². The van der Waals surface area contributed by atoms with Gasteiger partial charge in [0.15, 0.2) is 5.78 Å². The predicted octanol–water partition coefficient (Wildman–Crippen LogP) is 4.81. The zero-order valence-corrected chi connectivity index (χ0v) is 15.9. The fourth-order valence-corrected chi connectivity index (χ4v) is 3.17. The largest absolute Gasteiger partial charge is 0.337 e. The SMILES string of the molecule is Cc1ccc(CN(C)C(=O)c2ccccc2C(=O)c2ccccc2)c(C)c1. The number of hydrogen-bond acceptors (Lipinski definition) is 2. The van der Waals surface area contributed by atoms with Gasteiger partial charge in [0, 0.05) is 24.7 Å². The van der Waals surface area contributed by atoms with Gasteiger partial charge < -0.3 is 4.90 Å². The molecule has 0 unspecified atom stereocenters. The van der Waals surface area contributed by atoms with Crippen molar-refractivity contribution in [3.8, 4) is 0 Å². The predicted molar refractivity (Wildman–Crippen MR) is 108 cm³/mol. The Bertz CT molecular complexity index is 977. The zero-order valence-electron chi connectivity index (χ0n) is 15.9. The molecular formula is C24H23NO2. The van der Waals surface area contributed by atoms with Crippen LogP contribution in [0.3, 0.4) is 0 Å². The summed E-state index contributed by atoms with van der Waals surface area (Å²) in [7, 11) is 1.77. The van der Waals surface area contributed by atoms with E-state index in [1.54, 1.807) is 48.3 Å². The first kappa shape index (κ1) is 18.6. The molecule has 0 saturated heterocycles. The molecule has 0 aliphatic carbocycles. The van der Waals surface area contributed by atoms with Crippen molar-refractivity contribution in [2.45, 2.75) is 20.4 Å². The Kier molecular flexibility index (Phi) is 5.51. The van der Waals surface area contributed by atoms with Crippen molar-refractivity contribution < 1.29 is 9.59 Å². The van der Waals surface area contributed by atoms with Gasteiger partial charge in [0.05, 0.1) is 5.56 Å². The van der Waals surface area contributed by atoms with Crippen LogP contribution in [0.5, 0.6) is 0 Å². The Morgan fingerprint density at radius 2 is 1.44 bits per heavy atom. The molecular weight excluding hydrogens is 334 g/mol. The maximum absolute atomic E-state index is 13.1. The molecule has 136 valence electrons. The summed E-state index contributed by atoms with van der Waals surface area (Å²) in [5.74, 6) is -0.297. The first-order valence-corrected chi connectivity index (χ1v) is 8.97. The highest BCUT2D eigenvalue weighted by Gasteiger charge is 2.20. The molecule has 27 heavy (non-hydrogen) atoms. The molecule has 3 rings (SSSR count). The number of benzene rings is 3. The van der Waals surface area contributed by atoms with Crippen LogP contribution in [0.4, 0.5) is 0 Å². The molecule has 0 spiro atoms. The van der Waals surface area contributed by atoms with Crippen molar-refractivity contribution in [3.05, 3.63) is 106 Å². The Labute approximate surface area is 160 Å². The molecule has 3 aromatic carbocycles. The van der Waals surface area contributed by atoms with Gasteiger partial charge in [0.1, 0.15) is 0 Å². The molecule has 1 amide bonds. The summed E-state index contributed by atoms with van der Waals surface area (Å²) in [5.41, 5.74) is 4.89. The average Bonchev–Trinajstić information content (AvgIpc) is 2.69. The highest BCUT2D eigenvalue weighted by molar-refractivity contribution is 6.15. The molecule has 0 atom stereocenters. The molecule has 0 aliphatic rings. The average molecular weight is 357 g/mol.